The van der Waals surface area contributed by atoms with Crippen LogP contribution in [0.2, 0.25) is 0 Å². The van der Waals surface area contributed by atoms with Crippen molar-refractivity contribution in [2.75, 3.05) is 12.3 Å². The van der Waals surface area contributed by atoms with Gasteiger partial charge in [0.05, 0.1) is 12.8 Å². The van der Waals surface area contributed by atoms with Crippen molar-refractivity contribution in [1.82, 2.24) is 4.90 Å². The van der Waals surface area contributed by atoms with E-state index in [1.807, 2.05) is 24.3 Å². The highest BCUT2D eigenvalue weighted by Gasteiger charge is 2.16. The van der Waals surface area contributed by atoms with E-state index in [9.17, 15) is 4.39 Å². The van der Waals surface area contributed by atoms with Gasteiger partial charge in [0, 0.05) is 18.8 Å². The molecule has 0 saturated heterocycles. The van der Waals surface area contributed by atoms with Crippen LogP contribution in [-0.2, 0) is 13.1 Å². The number of benzene rings is 1. The molecule has 2 heterocycles. The number of furan rings is 1. The molecule has 1 aliphatic heterocycles. The van der Waals surface area contributed by atoms with Gasteiger partial charge in [-0.05, 0) is 36.2 Å². The van der Waals surface area contributed by atoms with Crippen molar-refractivity contribution >= 4 is 16.9 Å². The van der Waals surface area contributed by atoms with Crippen molar-refractivity contribution in [2.45, 2.75) is 19.5 Å². The van der Waals surface area contributed by atoms with Gasteiger partial charge < -0.3 is 9.32 Å². The van der Waals surface area contributed by atoms with Gasteiger partial charge in [-0.3, -0.25) is 4.99 Å². The molecule has 1 aliphatic rings. The van der Waals surface area contributed by atoms with Crippen LogP contribution in [0.1, 0.15) is 17.7 Å². The van der Waals surface area contributed by atoms with E-state index >= 15 is 0 Å². The van der Waals surface area contributed by atoms with Crippen molar-refractivity contribution in [3.63, 3.8) is 0 Å². The third-order valence-corrected chi connectivity index (χ3v) is 4.40. The number of halogens is 1. The molecule has 0 bridgehead atoms. The maximum absolute atomic E-state index is 13.0. The van der Waals surface area contributed by atoms with E-state index in [0.29, 0.717) is 13.1 Å². The molecule has 5 heteroatoms. The maximum atomic E-state index is 13.0. The van der Waals surface area contributed by atoms with Crippen molar-refractivity contribution in [1.29, 1.82) is 0 Å². The third kappa shape index (κ3) is 3.88. The Labute approximate surface area is 127 Å². The van der Waals surface area contributed by atoms with Gasteiger partial charge in [0.2, 0.25) is 0 Å². The third-order valence-electron chi connectivity index (χ3n) is 3.26. The normalized spacial score (nSPS) is 14.8. The Balaban J connectivity index is 1.77. The van der Waals surface area contributed by atoms with E-state index in [0.717, 1.165) is 35.2 Å². The zero-order valence-electron chi connectivity index (χ0n) is 11.7. The Hall–Kier alpha value is -1.75. The average Bonchev–Trinajstić information content (AvgIpc) is 3.03. The van der Waals surface area contributed by atoms with E-state index in [4.69, 9.17) is 4.42 Å². The van der Waals surface area contributed by atoms with Crippen LogP contribution < -0.4 is 0 Å². The number of rotatable bonds is 4. The fourth-order valence-corrected chi connectivity index (χ4v) is 3.18. The smallest absolute Gasteiger partial charge is 0.159 e. The molecule has 0 unspecified atom stereocenters. The first kappa shape index (κ1) is 14.2. The van der Waals surface area contributed by atoms with Gasteiger partial charge in [0.25, 0.3) is 0 Å². The molecule has 21 heavy (non-hydrogen) atoms. The Bertz CT molecular complexity index is 595. The van der Waals surface area contributed by atoms with Crippen molar-refractivity contribution in [3.05, 3.63) is 59.8 Å². The Morgan fingerprint density at radius 1 is 1.19 bits per heavy atom. The summed E-state index contributed by atoms with van der Waals surface area (Å²) in [5.41, 5.74) is 1.07. The van der Waals surface area contributed by atoms with E-state index in [1.165, 1.54) is 12.1 Å². The minimum atomic E-state index is -0.208. The largest absolute Gasteiger partial charge is 0.467 e. The lowest BCUT2D eigenvalue weighted by Crippen LogP contribution is -2.29. The SMILES string of the molecule is Fc1ccc(CN(Cc2ccco2)C2=NCCCS2)cc1. The van der Waals surface area contributed by atoms with E-state index < -0.39 is 0 Å². The summed E-state index contributed by atoms with van der Waals surface area (Å²) >= 11 is 1.78. The molecule has 0 atom stereocenters. The van der Waals surface area contributed by atoms with E-state index in [-0.39, 0.29) is 5.82 Å². The number of nitrogens with zero attached hydrogens (tertiary/aromatic N) is 2. The monoisotopic (exact) mass is 304 g/mol. The minimum Gasteiger partial charge on any atom is -0.467 e. The maximum Gasteiger partial charge on any atom is 0.159 e. The number of aliphatic imine (C=N–C) groups is 1. The molecule has 3 rings (SSSR count). The van der Waals surface area contributed by atoms with Gasteiger partial charge in [-0.15, -0.1) is 0 Å². The van der Waals surface area contributed by atoms with Crippen molar-refractivity contribution < 1.29 is 8.81 Å². The predicted octanol–water partition coefficient (Wildman–Crippen LogP) is 3.91. The molecule has 3 nitrogen and oxygen atoms in total. The fourth-order valence-electron chi connectivity index (χ4n) is 2.23. The fraction of sp³-hybridized carbons (Fsp3) is 0.312. The first-order valence-corrected chi connectivity index (χ1v) is 7.99. The summed E-state index contributed by atoms with van der Waals surface area (Å²) in [6, 6.07) is 10.5. The van der Waals surface area contributed by atoms with Crippen LogP contribution in [0.15, 0.2) is 52.1 Å². The second-order valence-corrected chi connectivity index (χ2v) is 5.99. The van der Waals surface area contributed by atoms with Crippen molar-refractivity contribution in [3.8, 4) is 0 Å². The minimum absolute atomic E-state index is 0.208. The lowest BCUT2D eigenvalue weighted by molar-refractivity contribution is 0.360. The summed E-state index contributed by atoms with van der Waals surface area (Å²) < 4.78 is 18.5. The van der Waals surface area contributed by atoms with Gasteiger partial charge in [-0.2, -0.15) is 0 Å². The molecule has 0 N–H and O–H groups in total. The topological polar surface area (TPSA) is 28.7 Å². The molecule has 0 fully saturated rings. The zero-order valence-corrected chi connectivity index (χ0v) is 12.5. The summed E-state index contributed by atoms with van der Waals surface area (Å²) in [5.74, 6) is 1.79. The molecular formula is C16H17FN2OS. The van der Waals surface area contributed by atoms with Crippen LogP contribution in [0.5, 0.6) is 0 Å². The predicted molar refractivity (Wildman–Crippen MR) is 83.7 cm³/mol. The van der Waals surface area contributed by atoms with Gasteiger partial charge in [-0.25, -0.2) is 4.39 Å². The van der Waals surface area contributed by atoms with Crippen LogP contribution in [-0.4, -0.2) is 22.4 Å². The molecule has 0 radical (unpaired) electrons. The molecule has 0 aliphatic carbocycles. The van der Waals surface area contributed by atoms with Crippen LogP contribution in [0.25, 0.3) is 0 Å². The standard InChI is InChI=1S/C16H17FN2OS/c17-14-6-4-13(5-7-14)11-19(12-15-3-1-9-20-15)16-18-8-2-10-21-16/h1,3-7,9H,2,8,10-12H2. The average molecular weight is 304 g/mol. The number of hydrogen-bond acceptors (Lipinski definition) is 4. The quantitative estimate of drug-likeness (QED) is 0.857. The second-order valence-electron chi connectivity index (χ2n) is 4.93. The molecule has 110 valence electrons. The highest BCUT2D eigenvalue weighted by molar-refractivity contribution is 8.13. The Morgan fingerprint density at radius 3 is 2.71 bits per heavy atom. The van der Waals surface area contributed by atoms with E-state index in [1.54, 1.807) is 18.0 Å². The summed E-state index contributed by atoms with van der Waals surface area (Å²) in [6.07, 6.45) is 2.81. The van der Waals surface area contributed by atoms with Gasteiger partial charge in [0.15, 0.2) is 5.17 Å². The molecule has 1 aromatic heterocycles. The first-order chi connectivity index (χ1) is 10.3. The second kappa shape index (κ2) is 6.80. The Kier molecular flexibility index (Phi) is 4.60. The number of amidine groups is 1. The van der Waals surface area contributed by atoms with Crippen LogP contribution >= 0.6 is 11.8 Å². The molecular weight excluding hydrogens is 287 g/mol. The summed E-state index contributed by atoms with van der Waals surface area (Å²) in [5, 5.41) is 1.04. The van der Waals surface area contributed by atoms with Crippen LogP contribution in [0.4, 0.5) is 4.39 Å². The lowest BCUT2D eigenvalue weighted by Gasteiger charge is -2.26. The highest BCUT2D eigenvalue weighted by Crippen LogP contribution is 2.20. The Morgan fingerprint density at radius 2 is 2.05 bits per heavy atom. The molecule has 0 amide bonds. The highest BCUT2D eigenvalue weighted by atomic mass is 32.2. The number of thioether (sulfide) groups is 1. The summed E-state index contributed by atoms with van der Waals surface area (Å²) in [4.78, 5) is 6.80. The van der Waals surface area contributed by atoms with Gasteiger partial charge >= 0.3 is 0 Å². The number of hydrogen-bond donors (Lipinski definition) is 0. The van der Waals surface area contributed by atoms with E-state index in [2.05, 4.69) is 9.89 Å². The summed E-state index contributed by atoms with van der Waals surface area (Å²) in [7, 11) is 0. The van der Waals surface area contributed by atoms with Crippen LogP contribution in [0.3, 0.4) is 0 Å². The van der Waals surface area contributed by atoms with Gasteiger partial charge in [-0.1, -0.05) is 23.9 Å². The molecule has 1 aromatic carbocycles. The van der Waals surface area contributed by atoms with Crippen molar-refractivity contribution in [2.24, 2.45) is 4.99 Å². The zero-order chi connectivity index (χ0) is 14.5. The lowest BCUT2D eigenvalue weighted by atomic mass is 10.2. The molecule has 0 saturated carbocycles. The van der Waals surface area contributed by atoms with Crippen LogP contribution in [0, 0.1) is 5.82 Å². The molecule has 2 aromatic rings. The first-order valence-electron chi connectivity index (χ1n) is 7.00. The molecule has 0 spiro atoms. The van der Waals surface area contributed by atoms with Gasteiger partial charge in [0.1, 0.15) is 11.6 Å². The summed E-state index contributed by atoms with van der Waals surface area (Å²) in [6.45, 7) is 2.25.